The zero-order valence-electron chi connectivity index (χ0n) is 23.1. The molecule has 7 atom stereocenters. The predicted octanol–water partition coefficient (Wildman–Crippen LogP) is 4.22. The Labute approximate surface area is 224 Å². The van der Waals surface area contributed by atoms with Gasteiger partial charge in [-0.15, -0.1) is 0 Å². The first-order chi connectivity index (χ1) is 17.3. The Kier molecular flexibility index (Phi) is 9.59. The number of Topliss-reactive ketones (excluding diaryl/α,β-unsaturated/α-hetero) is 1. The van der Waals surface area contributed by atoms with Crippen LogP contribution in [0.5, 0.6) is 0 Å². The SMILES string of the molecule is CSc1nccc(/C=C(\C)C2C[C@@H]3O[C@]3(C)CCC[C@H](C)[C@H](O)[C@@H](C)C(=O)C(C)(C)[C@@H](O)CC(=O)O2)n1. The standard InChI is InChI=1S/C28H42N2O6S/c1-16-9-8-11-28(6)22(36-28)14-20(17(2)13-19-10-12-29-26(30-19)37-7)35-23(32)15-21(31)27(4,5)25(34)18(3)24(16)33/h10,12-13,16,18,20-22,24,31,33H,8-9,11,14-15H2,1-7H3/b17-13+/t16-,18+,20?,21-,22-,24-,28+/m0/s1. The summed E-state index contributed by atoms with van der Waals surface area (Å²) in [5.41, 5.74) is -0.0124. The molecule has 206 valence electrons. The largest absolute Gasteiger partial charge is 0.458 e. The minimum absolute atomic E-state index is 0.0733. The Hall–Kier alpha value is -1.81. The molecule has 0 amide bonds. The van der Waals surface area contributed by atoms with E-state index >= 15 is 0 Å². The number of cyclic esters (lactones) is 1. The number of hydrogen-bond acceptors (Lipinski definition) is 9. The normalized spacial score (nSPS) is 36.0. The molecule has 3 heterocycles. The van der Waals surface area contributed by atoms with Crippen LogP contribution in [0.3, 0.4) is 0 Å². The van der Waals surface area contributed by atoms with Crippen molar-refractivity contribution >= 4 is 29.6 Å². The van der Waals surface area contributed by atoms with Gasteiger partial charge in [-0.05, 0) is 56.6 Å². The van der Waals surface area contributed by atoms with Crippen LogP contribution in [0.15, 0.2) is 23.0 Å². The molecule has 9 heteroatoms. The summed E-state index contributed by atoms with van der Waals surface area (Å²) in [7, 11) is 0. The smallest absolute Gasteiger partial charge is 0.309 e. The number of carbonyl (C=O) groups excluding carboxylic acids is 2. The number of carbonyl (C=O) groups is 2. The minimum atomic E-state index is -1.25. The van der Waals surface area contributed by atoms with Crippen LogP contribution in [0.1, 0.15) is 79.3 Å². The molecule has 1 aromatic rings. The second-order valence-corrected chi connectivity index (χ2v) is 12.2. The summed E-state index contributed by atoms with van der Waals surface area (Å²) < 4.78 is 12.0. The van der Waals surface area contributed by atoms with Crippen molar-refractivity contribution in [2.45, 2.75) is 109 Å². The molecule has 37 heavy (non-hydrogen) atoms. The number of esters is 1. The molecule has 2 saturated heterocycles. The number of fused-ring (bicyclic) bond motifs is 1. The first-order valence-electron chi connectivity index (χ1n) is 13.1. The molecule has 2 N–H and O–H groups in total. The molecule has 3 rings (SSSR count). The molecule has 1 aromatic heterocycles. The lowest BCUT2D eigenvalue weighted by Gasteiger charge is -2.34. The zero-order valence-corrected chi connectivity index (χ0v) is 23.9. The summed E-state index contributed by atoms with van der Waals surface area (Å²) in [5.74, 6) is -1.60. The van der Waals surface area contributed by atoms with E-state index in [-0.39, 0.29) is 29.8 Å². The molecule has 0 saturated carbocycles. The summed E-state index contributed by atoms with van der Waals surface area (Å²) in [6.45, 7) is 10.8. The molecule has 0 aromatic carbocycles. The van der Waals surface area contributed by atoms with Gasteiger partial charge in [0.15, 0.2) is 5.16 Å². The molecule has 0 aliphatic carbocycles. The van der Waals surface area contributed by atoms with Crippen molar-refractivity contribution in [3.63, 3.8) is 0 Å². The monoisotopic (exact) mass is 534 g/mol. The van der Waals surface area contributed by atoms with E-state index in [0.29, 0.717) is 17.3 Å². The second kappa shape index (κ2) is 11.9. The lowest BCUT2D eigenvalue weighted by molar-refractivity contribution is -0.154. The molecule has 0 radical (unpaired) electrons. The molecular weight excluding hydrogens is 492 g/mol. The van der Waals surface area contributed by atoms with Crippen LogP contribution in [-0.2, 0) is 19.1 Å². The van der Waals surface area contributed by atoms with Gasteiger partial charge in [-0.2, -0.15) is 0 Å². The number of hydrogen-bond donors (Lipinski definition) is 2. The van der Waals surface area contributed by atoms with Crippen LogP contribution in [0, 0.1) is 17.3 Å². The highest BCUT2D eigenvalue weighted by molar-refractivity contribution is 7.98. The van der Waals surface area contributed by atoms with Crippen molar-refractivity contribution in [2.24, 2.45) is 17.3 Å². The Morgan fingerprint density at radius 2 is 1.92 bits per heavy atom. The minimum Gasteiger partial charge on any atom is -0.458 e. The quantitative estimate of drug-likeness (QED) is 0.254. The number of ether oxygens (including phenoxy) is 2. The topological polar surface area (TPSA) is 122 Å². The summed E-state index contributed by atoms with van der Waals surface area (Å²) >= 11 is 1.45. The summed E-state index contributed by atoms with van der Waals surface area (Å²) in [6, 6.07) is 1.80. The third kappa shape index (κ3) is 7.19. The first-order valence-corrected chi connectivity index (χ1v) is 14.3. The number of aromatic nitrogens is 2. The fraction of sp³-hybridized carbons (Fsp3) is 0.714. The maximum Gasteiger partial charge on any atom is 0.309 e. The van der Waals surface area contributed by atoms with Gasteiger partial charge in [-0.3, -0.25) is 9.59 Å². The van der Waals surface area contributed by atoms with E-state index in [0.717, 1.165) is 24.8 Å². The van der Waals surface area contributed by atoms with Gasteiger partial charge in [0.1, 0.15) is 11.9 Å². The Balaban J connectivity index is 1.87. The molecule has 8 nitrogen and oxygen atoms in total. The Bertz CT molecular complexity index is 1010. The van der Waals surface area contributed by atoms with Gasteiger partial charge in [0.25, 0.3) is 0 Å². The maximum absolute atomic E-state index is 13.3. The van der Waals surface area contributed by atoms with Crippen molar-refractivity contribution in [2.75, 3.05) is 6.26 Å². The lowest BCUT2D eigenvalue weighted by atomic mass is 9.73. The van der Waals surface area contributed by atoms with E-state index in [1.54, 1.807) is 33.0 Å². The molecule has 1 unspecified atom stereocenters. The van der Waals surface area contributed by atoms with Crippen molar-refractivity contribution < 1.29 is 29.3 Å². The highest BCUT2D eigenvalue weighted by Gasteiger charge is 2.53. The van der Waals surface area contributed by atoms with Gasteiger partial charge < -0.3 is 19.7 Å². The maximum atomic E-state index is 13.3. The van der Waals surface area contributed by atoms with E-state index in [9.17, 15) is 19.8 Å². The van der Waals surface area contributed by atoms with Crippen LogP contribution in [0.25, 0.3) is 6.08 Å². The molecule has 2 aliphatic rings. The number of aliphatic hydroxyl groups excluding tert-OH is 2. The van der Waals surface area contributed by atoms with Crippen LogP contribution >= 0.6 is 11.8 Å². The van der Waals surface area contributed by atoms with Crippen molar-refractivity contribution in [3.05, 3.63) is 23.5 Å². The van der Waals surface area contributed by atoms with Crippen LogP contribution in [-0.4, -0.2) is 68.2 Å². The highest BCUT2D eigenvalue weighted by atomic mass is 32.2. The lowest BCUT2D eigenvalue weighted by Crippen LogP contribution is -2.45. The molecule has 0 bridgehead atoms. The van der Waals surface area contributed by atoms with Gasteiger partial charge in [0.05, 0.1) is 41.4 Å². The third-order valence-electron chi connectivity index (χ3n) is 8.13. The number of rotatable bonds is 3. The van der Waals surface area contributed by atoms with E-state index < -0.39 is 35.6 Å². The van der Waals surface area contributed by atoms with Crippen molar-refractivity contribution in [1.29, 1.82) is 0 Å². The average Bonchev–Trinajstić information content (AvgIpc) is 3.49. The zero-order chi connectivity index (χ0) is 27.5. The third-order valence-corrected chi connectivity index (χ3v) is 8.69. The molecular formula is C28H42N2O6S. The van der Waals surface area contributed by atoms with E-state index in [1.165, 1.54) is 11.8 Å². The number of aliphatic hydroxyl groups is 2. The Morgan fingerprint density at radius 1 is 1.22 bits per heavy atom. The van der Waals surface area contributed by atoms with Gasteiger partial charge >= 0.3 is 5.97 Å². The van der Waals surface area contributed by atoms with Gasteiger partial charge in [-0.25, -0.2) is 9.97 Å². The highest BCUT2D eigenvalue weighted by Crippen LogP contribution is 2.45. The summed E-state index contributed by atoms with van der Waals surface area (Å²) in [5, 5.41) is 22.4. The fourth-order valence-corrected chi connectivity index (χ4v) is 5.52. The summed E-state index contributed by atoms with van der Waals surface area (Å²) in [4.78, 5) is 35.0. The fourth-order valence-electron chi connectivity index (χ4n) is 5.15. The van der Waals surface area contributed by atoms with Crippen LogP contribution in [0.4, 0.5) is 0 Å². The molecule has 0 spiro atoms. The van der Waals surface area contributed by atoms with E-state index in [2.05, 4.69) is 16.9 Å². The van der Waals surface area contributed by atoms with Gasteiger partial charge in [-0.1, -0.05) is 45.9 Å². The van der Waals surface area contributed by atoms with E-state index in [4.69, 9.17) is 9.47 Å². The summed E-state index contributed by atoms with van der Waals surface area (Å²) in [6.07, 6.45) is 5.35. The number of nitrogens with zero attached hydrogens (tertiary/aromatic N) is 2. The van der Waals surface area contributed by atoms with Crippen molar-refractivity contribution in [3.8, 4) is 0 Å². The molecule has 2 fully saturated rings. The van der Waals surface area contributed by atoms with E-state index in [1.807, 2.05) is 26.2 Å². The van der Waals surface area contributed by atoms with Crippen LogP contribution < -0.4 is 0 Å². The number of epoxide rings is 1. The average molecular weight is 535 g/mol. The van der Waals surface area contributed by atoms with Crippen LogP contribution in [0.2, 0.25) is 0 Å². The second-order valence-electron chi connectivity index (χ2n) is 11.4. The first kappa shape index (κ1) is 29.7. The van der Waals surface area contributed by atoms with Gasteiger partial charge in [0.2, 0.25) is 0 Å². The van der Waals surface area contributed by atoms with Crippen molar-refractivity contribution in [1.82, 2.24) is 9.97 Å². The molecule has 2 aliphatic heterocycles. The Morgan fingerprint density at radius 3 is 2.59 bits per heavy atom. The predicted molar refractivity (Wildman–Crippen MR) is 143 cm³/mol. The number of thioether (sulfide) groups is 1. The number of ketones is 1. The van der Waals surface area contributed by atoms with Gasteiger partial charge in [0, 0.05) is 18.5 Å².